The monoisotopic (exact) mass is 354 g/mol. The Morgan fingerprint density at radius 3 is 2.74 bits per heavy atom. The fourth-order valence-electron chi connectivity index (χ4n) is 2.83. The van der Waals surface area contributed by atoms with Crippen LogP contribution in [0, 0.1) is 12.8 Å². The van der Waals surface area contributed by atoms with Crippen molar-refractivity contribution < 1.29 is 0 Å². The van der Waals surface area contributed by atoms with Crippen molar-refractivity contribution in [1.82, 2.24) is 0 Å². The van der Waals surface area contributed by atoms with Gasteiger partial charge in [0, 0.05) is 4.88 Å². The van der Waals surface area contributed by atoms with E-state index in [9.17, 15) is 0 Å². The van der Waals surface area contributed by atoms with Gasteiger partial charge in [-0.15, -0.1) is 11.3 Å². The van der Waals surface area contributed by atoms with Crippen molar-refractivity contribution in [2.45, 2.75) is 31.0 Å². The number of thiophene rings is 1. The van der Waals surface area contributed by atoms with E-state index < -0.39 is 0 Å². The summed E-state index contributed by atoms with van der Waals surface area (Å²) in [5, 5.41) is 0. The Morgan fingerprint density at radius 2 is 2.05 bits per heavy atom. The summed E-state index contributed by atoms with van der Waals surface area (Å²) in [5.74, 6) is 0.670. The molecule has 1 aliphatic rings. The molecule has 1 aliphatic carbocycles. The lowest BCUT2D eigenvalue weighted by Crippen LogP contribution is -2.17. The Bertz CT molecular complexity index is 571. The molecule has 2 atom stereocenters. The third-order valence-electron chi connectivity index (χ3n) is 3.95. The van der Waals surface area contributed by atoms with Crippen LogP contribution in [-0.2, 0) is 12.8 Å². The van der Waals surface area contributed by atoms with Gasteiger partial charge in [0.05, 0.1) is 9.16 Å². The molecule has 1 aromatic heterocycles. The van der Waals surface area contributed by atoms with Crippen LogP contribution in [0.15, 0.2) is 30.3 Å². The maximum Gasteiger partial charge on any atom is 0.0960 e. The second kappa shape index (κ2) is 5.59. The second-order valence-corrected chi connectivity index (χ2v) is 7.95. The average Bonchev–Trinajstić information content (AvgIpc) is 2.77. The zero-order valence-corrected chi connectivity index (χ0v) is 14.0. The predicted octanol–water partition coefficient (Wildman–Crippen LogP) is 5.95. The highest BCUT2D eigenvalue weighted by atomic mass is 79.9. The van der Waals surface area contributed by atoms with E-state index in [0.29, 0.717) is 10.7 Å². The molecule has 0 fully saturated rings. The first kappa shape index (κ1) is 13.7. The van der Waals surface area contributed by atoms with E-state index in [4.69, 9.17) is 11.6 Å². The molecule has 0 saturated heterocycles. The van der Waals surface area contributed by atoms with Gasteiger partial charge >= 0.3 is 0 Å². The van der Waals surface area contributed by atoms with Gasteiger partial charge in [0.25, 0.3) is 0 Å². The molecule has 0 bridgehead atoms. The molecule has 2 unspecified atom stereocenters. The van der Waals surface area contributed by atoms with Crippen LogP contribution in [0.2, 0.25) is 4.34 Å². The van der Waals surface area contributed by atoms with E-state index in [1.54, 1.807) is 11.3 Å². The standard InChI is InChI=1S/C16H16BrClS/c1-10-8-14(19-16(10)18)15(17)13-7-6-11-4-2-3-5-12(11)9-13/h2-5,8,13,15H,6-7,9H2,1H3. The number of rotatable bonds is 2. The molecule has 0 spiro atoms. The molecule has 0 N–H and O–H groups in total. The number of alkyl halides is 1. The summed E-state index contributed by atoms with van der Waals surface area (Å²) in [5.41, 5.74) is 4.24. The van der Waals surface area contributed by atoms with E-state index in [-0.39, 0.29) is 0 Å². The lowest BCUT2D eigenvalue weighted by atomic mass is 9.82. The van der Waals surface area contributed by atoms with Gasteiger partial charge in [-0.2, -0.15) is 0 Å². The van der Waals surface area contributed by atoms with Crippen molar-refractivity contribution in [2.75, 3.05) is 0 Å². The number of fused-ring (bicyclic) bond motifs is 1. The normalized spacial score (nSPS) is 20.1. The number of hydrogen-bond donors (Lipinski definition) is 0. The quantitative estimate of drug-likeness (QED) is 0.584. The van der Waals surface area contributed by atoms with E-state index in [2.05, 4.69) is 53.2 Å². The topological polar surface area (TPSA) is 0 Å². The highest BCUT2D eigenvalue weighted by Crippen LogP contribution is 2.43. The molecule has 19 heavy (non-hydrogen) atoms. The van der Waals surface area contributed by atoms with E-state index in [1.807, 2.05) is 0 Å². The van der Waals surface area contributed by atoms with Crippen LogP contribution in [0.25, 0.3) is 0 Å². The molecular formula is C16H16BrClS. The van der Waals surface area contributed by atoms with Crippen molar-refractivity contribution in [3.05, 3.63) is 56.2 Å². The first-order chi connectivity index (χ1) is 9.15. The number of halogens is 2. The Balaban J connectivity index is 1.81. The summed E-state index contributed by atoms with van der Waals surface area (Å²) in [6, 6.07) is 11.1. The van der Waals surface area contributed by atoms with Crippen LogP contribution < -0.4 is 0 Å². The average molecular weight is 356 g/mol. The van der Waals surface area contributed by atoms with E-state index in [1.165, 1.54) is 40.8 Å². The first-order valence-corrected chi connectivity index (χ1v) is 8.73. The highest BCUT2D eigenvalue weighted by Gasteiger charge is 2.26. The van der Waals surface area contributed by atoms with Crippen molar-refractivity contribution in [3.8, 4) is 0 Å². The Labute approximate surface area is 131 Å². The minimum Gasteiger partial charge on any atom is -0.127 e. The summed E-state index contributed by atoms with van der Waals surface area (Å²) < 4.78 is 0.927. The lowest BCUT2D eigenvalue weighted by molar-refractivity contribution is 0.456. The van der Waals surface area contributed by atoms with Gasteiger partial charge in [-0.1, -0.05) is 51.8 Å². The predicted molar refractivity (Wildman–Crippen MR) is 87.7 cm³/mol. The van der Waals surface area contributed by atoms with Crippen LogP contribution >= 0.6 is 38.9 Å². The third-order valence-corrected chi connectivity index (χ3v) is 7.13. The van der Waals surface area contributed by atoms with Crippen molar-refractivity contribution in [1.29, 1.82) is 0 Å². The molecule has 100 valence electrons. The number of benzene rings is 1. The molecule has 0 saturated carbocycles. The molecule has 0 aliphatic heterocycles. The minimum atomic E-state index is 0.428. The molecule has 3 heteroatoms. The van der Waals surface area contributed by atoms with Gasteiger partial charge in [-0.05, 0) is 54.9 Å². The van der Waals surface area contributed by atoms with Gasteiger partial charge in [-0.3, -0.25) is 0 Å². The summed E-state index contributed by atoms with van der Waals surface area (Å²) in [6.07, 6.45) is 3.61. The molecule has 1 heterocycles. The van der Waals surface area contributed by atoms with Crippen molar-refractivity contribution >= 4 is 38.9 Å². The lowest BCUT2D eigenvalue weighted by Gasteiger charge is -2.27. The molecule has 3 rings (SSSR count). The zero-order chi connectivity index (χ0) is 13.4. The van der Waals surface area contributed by atoms with Crippen LogP contribution in [-0.4, -0.2) is 0 Å². The summed E-state index contributed by atoms with van der Waals surface area (Å²) in [6.45, 7) is 2.08. The van der Waals surface area contributed by atoms with Crippen molar-refractivity contribution in [2.24, 2.45) is 5.92 Å². The van der Waals surface area contributed by atoms with Crippen LogP contribution in [0.1, 0.15) is 32.8 Å². The van der Waals surface area contributed by atoms with Crippen LogP contribution in [0.3, 0.4) is 0 Å². The van der Waals surface area contributed by atoms with Gasteiger partial charge < -0.3 is 0 Å². The molecule has 0 amide bonds. The largest absolute Gasteiger partial charge is 0.127 e. The zero-order valence-electron chi connectivity index (χ0n) is 10.8. The summed E-state index contributed by atoms with van der Waals surface area (Å²) >= 11 is 11.8. The third kappa shape index (κ3) is 2.76. The fourth-order valence-corrected chi connectivity index (χ4v) is 4.98. The van der Waals surface area contributed by atoms with Gasteiger partial charge in [0.1, 0.15) is 0 Å². The molecular weight excluding hydrogens is 340 g/mol. The minimum absolute atomic E-state index is 0.428. The Kier molecular flexibility index (Phi) is 4.02. The molecule has 0 nitrogen and oxygen atoms in total. The molecule has 1 aromatic carbocycles. The maximum atomic E-state index is 6.19. The van der Waals surface area contributed by atoms with Gasteiger partial charge in [0.2, 0.25) is 0 Å². The summed E-state index contributed by atoms with van der Waals surface area (Å²) in [7, 11) is 0. The van der Waals surface area contributed by atoms with Gasteiger partial charge in [-0.25, -0.2) is 0 Å². The Morgan fingerprint density at radius 1 is 1.32 bits per heavy atom. The number of hydrogen-bond acceptors (Lipinski definition) is 1. The fraction of sp³-hybridized carbons (Fsp3) is 0.375. The maximum absolute atomic E-state index is 6.19. The summed E-state index contributed by atoms with van der Waals surface area (Å²) in [4.78, 5) is 1.80. The van der Waals surface area contributed by atoms with Crippen LogP contribution in [0.5, 0.6) is 0 Å². The van der Waals surface area contributed by atoms with Gasteiger partial charge in [0.15, 0.2) is 0 Å². The Hall–Kier alpha value is -0.310. The van der Waals surface area contributed by atoms with Crippen LogP contribution in [0.4, 0.5) is 0 Å². The molecule has 0 radical (unpaired) electrons. The van der Waals surface area contributed by atoms with E-state index in [0.717, 1.165) is 4.34 Å². The molecule has 2 aromatic rings. The SMILES string of the molecule is Cc1cc(C(Br)C2CCc3ccccc3C2)sc1Cl. The first-order valence-electron chi connectivity index (χ1n) is 6.62. The highest BCUT2D eigenvalue weighted by molar-refractivity contribution is 9.09. The number of aryl methyl sites for hydroxylation is 2. The van der Waals surface area contributed by atoms with Crippen molar-refractivity contribution in [3.63, 3.8) is 0 Å². The smallest absolute Gasteiger partial charge is 0.0960 e. The van der Waals surface area contributed by atoms with E-state index >= 15 is 0 Å². The second-order valence-electron chi connectivity index (χ2n) is 5.28.